The number of amides is 1. The molecule has 0 saturated carbocycles. The highest BCUT2D eigenvalue weighted by atomic mass is 32.1. The smallest absolute Gasteiger partial charge is 0.226 e. The molecule has 0 aliphatic rings. The molecule has 0 unspecified atom stereocenters. The highest BCUT2D eigenvalue weighted by Gasteiger charge is 2.07. The van der Waals surface area contributed by atoms with E-state index in [9.17, 15) is 4.79 Å². The summed E-state index contributed by atoms with van der Waals surface area (Å²) in [6.45, 7) is 2.11. The Hall–Kier alpha value is -2.01. The third kappa shape index (κ3) is 4.49. The van der Waals surface area contributed by atoms with Crippen molar-refractivity contribution in [1.29, 1.82) is 0 Å². The van der Waals surface area contributed by atoms with Gasteiger partial charge in [-0.3, -0.25) is 9.78 Å². The normalized spacial score (nSPS) is 10.3. The molecule has 2 N–H and O–H groups in total. The van der Waals surface area contributed by atoms with Crippen LogP contribution < -0.4 is 10.6 Å². The van der Waals surface area contributed by atoms with Crippen molar-refractivity contribution in [1.82, 2.24) is 10.3 Å². The van der Waals surface area contributed by atoms with E-state index in [4.69, 9.17) is 12.2 Å². The quantitative estimate of drug-likeness (QED) is 0.654. The molecule has 4 nitrogen and oxygen atoms in total. The van der Waals surface area contributed by atoms with Crippen LogP contribution in [-0.2, 0) is 4.79 Å². The van der Waals surface area contributed by atoms with Crippen molar-refractivity contribution in [2.75, 3.05) is 5.32 Å². The average Bonchev–Trinajstić information content (AvgIpc) is 2.48. The fourth-order valence-corrected chi connectivity index (χ4v) is 2.31. The second-order valence-electron chi connectivity index (χ2n) is 4.84. The first-order valence-electron chi connectivity index (χ1n) is 7.15. The highest BCUT2D eigenvalue weighted by Crippen LogP contribution is 2.20. The summed E-state index contributed by atoms with van der Waals surface area (Å²) in [6.07, 6.45) is 5.28. The molecule has 0 aliphatic carbocycles. The van der Waals surface area contributed by atoms with E-state index in [1.54, 1.807) is 6.20 Å². The number of pyridine rings is 1. The molecule has 110 valence electrons. The molecule has 1 aromatic carbocycles. The van der Waals surface area contributed by atoms with Crippen LogP contribution in [0.5, 0.6) is 0 Å². The molecule has 0 atom stereocenters. The van der Waals surface area contributed by atoms with Gasteiger partial charge in [-0.05, 0) is 30.8 Å². The van der Waals surface area contributed by atoms with Crippen LogP contribution in [0.3, 0.4) is 0 Å². The minimum Gasteiger partial charge on any atom is -0.331 e. The van der Waals surface area contributed by atoms with Gasteiger partial charge in [-0.15, -0.1) is 0 Å². The van der Waals surface area contributed by atoms with Gasteiger partial charge in [0, 0.05) is 18.0 Å². The number of fused-ring (bicyclic) bond motifs is 1. The lowest BCUT2D eigenvalue weighted by molar-refractivity contribution is -0.119. The molecule has 2 aromatic rings. The number of carbonyl (C=O) groups excluding carboxylic acids is 1. The lowest BCUT2D eigenvalue weighted by atomic mass is 10.2. The number of nitrogens with zero attached hydrogens (tertiary/aromatic N) is 1. The van der Waals surface area contributed by atoms with E-state index in [2.05, 4.69) is 22.5 Å². The van der Waals surface area contributed by atoms with Crippen molar-refractivity contribution in [2.24, 2.45) is 0 Å². The Morgan fingerprint density at radius 1 is 1.24 bits per heavy atom. The summed E-state index contributed by atoms with van der Waals surface area (Å²) in [4.78, 5) is 16.1. The van der Waals surface area contributed by atoms with Gasteiger partial charge in [-0.1, -0.05) is 38.0 Å². The van der Waals surface area contributed by atoms with Crippen LogP contribution in [0.15, 0.2) is 36.5 Å². The van der Waals surface area contributed by atoms with Crippen LogP contribution in [0.25, 0.3) is 10.9 Å². The first kappa shape index (κ1) is 15.4. The number of nitrogens with one attached hydrogen (secondary N) is 2. The van der Waals surface area contributed by atoms with Crippen LogP contribution in [0.1, 0.15) is 32.6 Å². The SMILES string of the molecule is CCCCCC(=O)NC(=S)Nc1cccc2cccnc12. The van der Waals surface area contributed by atoms with Crippen molar-refractivity contribution in [3.63, 3.8) is 0 Å². The van der Waals surface area contributed by atoms with Gasteiger partial charge in [0.25, 0.3) is 0 Å². The van der Waals surface area contributed by atoms with Crippen molar-refractivity contribution in [2.45, 2.75) is 32.6 Å². The third-order valence-electron chi connectivity index (χ3n) is 3.14. The summed E-state index contributed by atoms with van der Waals surface area (Å²) < 4.78 is 0. The van der Waals surface area contributed by atoms with Crippen molar-refractivity contribution in [3.8, 4) is 0 Å². The minimum absolute atomic E-state index is 0.0471. The van der Waals surface area contributed by atoms with E-state index in [0.29, 0.717) is 11.5 Å². The van der Waals surface area contributed by atoms with E-state index in [0.717, 1.165) is 35.9 Å². The Labute approximate surface area is 130 Å². The van der Waals surface area contributed by atoms with Gasteiger partial charge in [-0.2, -0.15) is 0 Å². The Balaban J connectivity index is 1.97. The predicted octanol–water partition coefficient (Wildman–Crippen LogP) is 3.63. The topological polar surface area (TPSA) is 54.0 Å². The number of carbonyl (C=O) groups is 1. The molecule has 0 saturated heterocycles. The molecule has 1 amide bonds. The molecule has 21 heavy (non-hydrogen) atoms. The third-order valence-corrected chi connectivity index (χ3v) is 3.35. The fraction of sp³-hybridized carbons (Fsp3) is 0.312. The number of para-hydroxylation sites is 1. The molecular formula is C16H19N3OS. The van der Waals surface area contributed by atoms with Gasteiger partial charge in [0.2, 0.25) is 5.91 Å². The van der Waals surface area contributed by atoms with E-state index >= 15 is 0 Å². The Bertz CT molecular complexity index is 637. The van der Waals surface area contributed by atoms with E-state index in [1.165, 1.54) is 0 Å². The number of thiocarbonyl (C=S) groups is 1. The molecule has 0 spiro atoms. The van der Waals surface area contributed by atoms with Crippen molar-refractivity contribution < 1.29 is 4.79 Å². The van der Waals surface area contributed by atoms with Crippen LogP contribution >= 0.6 is 12.2 Å². The predicted molar refractivity (Wildman–Crippen MR) is 90.2 cm³/mol. The first-order valence-corrected chi connectivity index (χ1v) is 7.56. The number of hydrogen-bond donors (Lipinski definition) is 2. The van der Waals surface area contributed by atoms with Crippen LogP contribution in [0.2, 0.25) is 0 Å². The summed E-state index contributed by atoms with van der Waals surface area (Å²) in [5, 5.41) is 7.09. The summed E-state index contributed by atoms with van der Waals surface area (Å²) in [6, 6.07) is 9.68. The van der Waals surface area contributed by atoms with Gasteiger partial charge in [0.15, 0.2) is 5.11 Å². The summed E-state index contributed by atoms with van der Waals surface area (Å²) >= 11 is 5.18. The monoisotopic (exact) mass is 301 g/mol. The zero-order valence-corrected chi connectivity index (χ0v) is 12.9. The van der Waals surface area contributed by atoms with Gasteiger partial charge in [0.05, 0.1) is 11.2 Å². The number of aromatic nitrogens is 1. The van der Waals surface area contributed by atoms with Crippen molar-refractivity contribution >= 4 is 39.8 Å². The maximum absolute atomic E-state index is 11.7. The molecule has 1 aromatic heterocycles. The summed E-state index contributed by atoms with van der Waals surface area (Å²) in [5.74, 6) is -0.0471. The molecule has 0 aliphatic heterocycles. The highest BCUT2D eigenvalue weighted by molar-refractivity contribution is 7.80. The van der Waals surface area contributed by atoms with Gasteiger partial charge in [-0.25, -0.2) is 0 Å². The number of benzene rings is 1. The fourth-order valence-electron chi connectivity index (χ4n) is 2.08. The van der Waals surface area contributed by atoms with Crippen LogP contribution in [0.4, 0.5) is 5.69 Å². The largest absolute Gasteiger partial charge is 0.331 e. The lowest BCUT2D eigenvalue weighted by Crippen LogP contribution is -2.34. The molecule has 0 bridgehead atoms. The summed E-state index contributed by atoms with van der Waals surface area (Å²) in [7, 11) is 0. The van der Waals surface area contributed by atoms with Gasteiger partial charge >= 0.3 is 0 Å². The maximum Gasteiger partial charge on any atom is 0.226 e. The number of hydrogen-bond acceptors (Lipinski definition) is 3. The van der Waals surface area contributed by atoms with Crippen LogP contribution in [0, 0.1) is 0 Å². The van der Waals surface area contributed by atoms with E-state index in [1.807, 2.05) is 30.3 Å². The minimum atomic E-state index is -0.0471. The van der Waals surface area contributed by atoms with Crippen LogP contribution in [-0.4, -0.2) is 16.0 Å². The maximum atomic E-state index is 11.7. The first-order chi connectivity index (χ1) is 10.2. The van der Waals surface area contributed by atoms with E-state index in [-0.39, 0.29) is 5.91 Å². The Kier molecular flexibility index (Phi) is 5.63. The second kappa shape index (κ2) is 7.69. The Morgan fingerprint density at radius 3 is 2.86 bits per heavy atom. The van der Waals surface area contributed by atoms with Gasteiger partial charge < -0.3 is 10.6 Å². The number of rotatable bonds is 5. The van der Waals surface area contributed by atoms with E-state index < -0.39 is 0 Å². The molecule has 1 heterocycles. The molecule has 0 radical (unpaired) electrons. The number of anilines is 1. The lowest BCUT2D eigenvalue weighted by Gasteiger charge is -2.11. The molecule has 0 fully saturated rings. The standard InChI is InChI=1S/C16H19N3OS/c1-2-3-4-10-14(20)19-16(21)18-13-9-5-7-12-8-6-11-17-15(12)13/h5-9,11H,2-4,10H2,1H3,(H2,18,19,20,21). The second-order valence-corrected chi connectivity index (χ2v) is 5.25. The molecule has 2 rings (SSSR count). The molecule has 5 heteroatoms. The number of unbranched alkanes of at least 4 members (excludes halogenated alkanes) is 2. The zero-order valence-electron chi connectivity index (χ0n) is 12.1. The average molecular weight is 301 g/mol. The Morgan fingerprint density at radius 2 is 2.05 bits per heavy atom. The zero-order chi connectivity index (χ0) is 15.1. The molecular weight excluding hydrogens is 282 g/mol. The van der Waals surface area contributed by atoms with Crippen molar-refractivity contribution in [3.05, 3.63) is 36.5 Å². The van der Waals surface area contributed by atoms with Gasteiger partial charge in [0.1, 0.15) is 0 Å². The summed E-state index contributed by atoms with van der Waals surface area (Å²) in [5.41, 5.74) is 1.63.